The summed E-state index contributed by atoms with van der Waals surface area (Å²) in [5.74, 6) is 0. The first-order valence-corrected chi connectivity index (χ1v) is 20.2. The number of hydrogen-bond donors (Lipinski definition) is 0. The van der Waals surface area contributed by atoms with Crippen LogP contribution in [0.5, 0.6) is 0 Å². The van der Waals surface area contributed by atoms with Gasteiger partial charge >= 0.3 is 0 Å². The molecular formula is C56H43N. The molecule has 0 aromatic heterocycles. The Labute approximate surface area is 335 Å². The molecule has 9 aromatic carbocycles. The van der Waals surface area contributed by atoms with Gasteiger partial charge in [-0.25, -0.2) is 0 Å². The van der Waals surface area contributed by atoms with Gasteiger partial charge in [-0.05, 0) is 101 Å². The molecule has 0 aliphatic heterocycles. The van der Waals surface area contributed by atoms with E-state index in [2.05, 4.69) is 221 Å². The molecular weight excluding hydrogens is 687 g/mol. The molecule has 0 radical (unpaired) electrons. The van der Waals surface area contributed by atoms with Crippen LogP contribution in [0.15, 0.2) is 188 Å². The van der Waals surface area contributed by atoms with E-state index >= 15 is 0 Å². The van der Waals surface area contributed by atoms with Crippen LogP contribution in [0.4, 0.5) is 17.1 Å². The van der Waals surface area contributed by atoms with Gasteiger partial charge in [0.05, 0.1) is 11.4 Å². The van der Waals surface area contributed by atoms with Crippen LogP contribution in [0.2, 0.25) is 0 Å². The van der Waals surface area contributed by atoms with Gasteiger partial charge in [0.15, 0.2) is 0 Å². The van der Waals surface area contributed by atoms with Gasteiger partial charge in [0.1, 0.15) is 0 Å². The van der Waals surface area contributed by atoms with Crippen LogP contribution < -0.4 is 4.90 Å². The Hall–Kier alpha value is -6.70. The van der Waals surface area contributed by atoms with Crippen molar-refractivity contribution in [1.82, 2.24) is 0 Å². The van der Waals surface area contributed by atoms with Gasteiger partial charge in [-0.15, -0.1) is 0 Å². The maximum Gasteiger partial charge on any atom is 0.0540 e. The lowest BCUT2D eigenvalue weighted by molar-refractivity contribution is 0.660. The lowest BCUT2D eigenvalue weighted by Crippen LogP contribution is -2.18. The molecule has 0 atom stereocenters. The second kappa shape index (κ2) is 12.4. The van der Waals surface area contributed by atoms with Gasteiger partial charge < -0.3 is 4.90 Å². The standard InChI is InChI=1S/C56H43N/c1-55(2)49-27-11-7-19-42(49)44-34-32-37(35-51(44)55)57(52-29-13-9-21-45(52)40-24-15-23-39-38-18-6-5-17-36(38)31-33-41(39)40)53-30-14-10-22-46(53)48-26-16-25-47-43-20-8-12-28-50(43)56(3,4)54(47)48/h5-35H,1-4H3. The second-order valence-corrected chi connectivity index (χ2v) is 16.9. The van der Waals surface area contributed by atoms with Crippen molar-refractivity contribution in [2.24, 2.45) is 0 Å². The van der Waals surface area contributed by atoms with Gasteiger partial charge in [-0.3, -0.25) is 0 Å². The fourth-order valence-corrected chi connectivity index (χ4v) is 10.4. The first-order chi connectivity index (χ1) is 27.8. The topological polar surface area (TPSA) is 3.24 Å². The summed E-state index contributed by atoms with van der Waals surface area (Å²) in [5, 5.41) is 5.06. The van der Waals surface area contributed by atoms with Crippen LogP contribution in [0, 0.1) is 0 Å². The Bertz CT molecular complexity index is 3090. The number of nitrogens with zero attached hydrogens (tertiary/aromatic N) is 1. The number of fused-ring (bicyclic) bond motifs is 9. The monoisotopic (exact) mass is 729 g/mol. The highest BCUT2D eigenvalue weighted by Crippen LogP contribution is 2.56. The molecule has 0 fully saturated rings. The minimum absolute atomic E-state index is 0.139. The van der Waals surface area contributed by atoms with E-state index in [0.717, 1.165) is 17.1 Å². The van der Waals surface area contributed by atoms with Gasteiger partial charge in [-0.2, -0.15) is 0 Å². The van der Waals surface area contributed by atoms with Crippen LogP contribution in [0.3, 0.4) is 0 Å². The van der Waals surface area contributed by atoms with Crippen molar-refractivity contribution in [2.75, 3.05) is 4.90 Å². The zero-order valence-electron chi connectivity index (χ0n) is 32.8. The molecule has 0 bridgehead atoms. The van der Waals surface area contributed by atoms with Crippen molar-refractivity contribution < 1.29 is 0 Å². The molecule has 57 heavy (non-hydrogen) atoms. The molecule has 0 amide bonds. The van der Waals surface area contributed by atoms with Crippen molar-refractivity contribution in [1.29, 1.82) is 0 Å². The van der Waals surface area contributed by atoms with Crippen LogP contribution in [0.25, 0.3) is 66.1 Å². The Morgan fingerprint density at radius 1 is 0.316 bits per heavy atom. The minimum Gasteiger partial charge on any atom is -0.309 e. The molecule has 11 rings (SSSR count). The third kappa shape index (κ3) is 4.88. The summed E-state index contributed by atoms with van der Waals surface area (Å²) in [6.07, 6.45) is 0. The molecule has 1 heteroatoms. The van der Waals surface area contributed by atoms with E-state index in [1.54, 1.807) is 0 Å². The van der Waals surface area contributed by atoms with E-state index in [0.29, 0.717) is 0 Å². The Balaban J connectivity index is 1.19. The lowest BCUT2D eigenvalue weighted by Gasteiger charge is -2.32. The quantitative estimate of drug-likeness (QED) is 0.159. The van der Waals surface area contributed by atoms with E-state index in [-0.39, 0.29) is 10.8 Å². The van der Waals surface area contributed by atoms with Crippen LogP contribution >= 0.6 is 0 Å². The smallest absolute Gasteiger partial charge is 0.0540 e. The Morgan fingerprint density at radius 3 is 1.54 bits per heavy atom. The first kappa shape index (κ1) is 33.6. The van der Waals surface area contributed by atoms with Gasteiger partial charge in [-0.1, -0.05) is 191 Å². The molecule has 0 heterocycles. The molecule has 272 valence electrons. The summed E-state index contributed by atoms with van der Waals surface area (Å²) >= 11 is 0. The van der Waals surface area contributed by atoms with E-state index in [1.165, 1.54) is 88.3 Å². The van der Waals surface area contributed by atoms with E-state index in [4.69, 9.17) is 0 Å². The fraction of sp³-hybridized carbons (Fsp3) is 0.107. The maximum absolute atomic E-state index is 2.54. The average Bonchev–Trinajstić information content (AvgIpc) is 3.63. The van der Waals surface area contributed by atoms with Crippen LogP contribution in [-0.4, -0.2) is 0 Å². The number of benzene rings is 9. The zero-order valence-corrected chi connectivity index (χ0v) is 32.8. The molecule has 0 saturated carbocycles. The van der Waals surface area contributed by atoms with Gasteiger partial charge in [0, 0.05) is 27.6 Å². The molecule has 2 aliphatic carbocycles. The molecule has 0 saturated heterocycles. The summed E-state index contributed by atoms with van der Waals surface area (Å²) in [5.41, 5.74) is 18.9. The third-order valence-electron chi connectivity index (χ3n) is 13.1. The molecule has 9 aromatic rings. The van der Waals surface area contributed by atoms with E-state index < -0.39 is 0 Å². The molecule has 1 nitrogen and oxygen atoms in total. The predicted octanol–water partition coefficient (Wildman–Crippen LogP) is 15.4. The highest BCUT2D eigenvalue weighted by Gasteiger charge is 2.39. The van der Waals surface area contributed by atoms with E-state index in [9.17, 15) is 0 Å². The molecule has 2 aliphatic rings. The highest BCUT2D eigenvalue weighted by molar-refractivity contribution is 6.13. The maximum atomic E-state index is 2.54. The average molecular weight is 730 g/mol. The zero-order chi connectivity index (χ0) is 38.5. The van der Waals surface area contributed by atoms with E-state index in [1.807, 2.05) is 0 Å². The summed E-state index contributed by atoms with van der Waals surface area (Å²) in [6.45, 7) is 9.53. The van der Waals surface area contributed by atoms with Crippen LogP contribution in [-0.2, 0) is 10.8 Å². The van der Waals surface area contributed by atoms with Crippen molar-refractivity contribution in [3.05, 3.63) is 210 Å². The highest BCUT2D eigenvalue weighted by atomic mass is 15.1. The summed E-state index contributed by atoms with van der Waals surface area (Å²) < 4.78 is 0. The Morgan fingerprint density at radius 2 is 0.807 bits per heavy atom. The summed E-state index contributed by atoms with van der Waals surface area (Å²) in [7, 11) is 0. The molecule has 0 unspecified atom stereocenters. The van der Waals surface area contributed by atoms with Crippen molar-refractivity contribution in [3.8, 4) is 44.5 Å². The normalized spacial score (nSPS) is 14.2. The summed E-state index contributed by atoms with van der Waals surface area (Å²) in [4.78, 5) is 2.54. The Kier molecular flexibility index (Phi) is 7.32. The van der Waals surface area contributed by atoms with Gasteiger partial charge in [0.2, 0.25) is 0 Å². The minimum atomic E-state index is -0.159. The van der Waals surface area contributed by atoms with Crippen molar-refractivity contribution >= 4 is 38.6 Å². The van der Waals surface area contributed by atoms with Gasteiger partial charge in [0.25, 0.3) is 0 Å². The second-order valence-electron chi connectivity index (χ2n) is 16.9. The third-order valence-corrected chi connectivity index (χ3v) is 13.1. The van der Waals surface area contributed by atoms with Crippen molar-refractivity contribution in [2.45, 2.75) is 38.5 Å². The lowest BCUT2D eigenvalue weighted by atomic mass is 9.78. The first-order valence-electron chi connectivity index (χ1n) is 20.2. The van der Waals surface area contributed by atoms with Crippen molar-refractivity contribution in [3.63, 3.8) is 0 Å². The largest absolute Gasteiger partial charge is 0.309 e. The SMILES string of the molecule is CC1(C)c2ccccc2-c2ccc(N(c3ccccc3-c3cccc4c3C(C)(C)c3ccccc3-4)c3ccccc3-c3cccc4c3ccc3ccccc34)cc21. The fourth-order valence-electron chi connectivity index (χ4n) is 10.4. The molecule has 0 N–H and O–H groups in total. The number of rotatable bonds is 5. The molecule has 0 spiro atoms. The number of anilines is 3. The summed E-state index contributed by atoms with van der Waals surface area (Å²) in [6, 6.07) is 70.1. The number of hydrogen-bond acceptors (Lipinski definition) is 1. The number of para-hydroxylation sites is 2. The predicted molar refractivity (Wildman–Crippen MR) is 242 cm³/mol. The van der Waals surface area contributed by atoms with Crippen LogP contribution in [0.1, 0.15) is 49.9 Å².